The molecule has 1 N–H and O–H groups in total. The van der Waals surface area contributed by atoms with Crippen molar-refractivity contribution in [3.8, 4) is 0 Å². The number of nitrogens with one attached hydrogen (secondary N) is 1. The highest BCUT2D eigenvalue weighted by Crippen LogP contribution is 2.07. The number of nitrogens with zero attached hydrogens (tertiary/aromatic N) is 1. The molecule has 4 nitrogen and oxygen atoms in total. The molecule has 1 fully saturated rings. The van der Waals surface area contributed by atoms with Crippen LogP contribution >= 0.6 is 0 Å². The van der Waals surface area contributed by atoms with Gasteiger partial charge in [-0.3, -0.25) is 0 Å². The molecule has 1 rings (SSSR count). The van der Waals surface area contributed by atoms with E-state index in [4.69, 9.17) is 0 Å². The van der Waals surface area contributed by atoms with Crippen molar-refractivity contribution in [2.24, 2.45) is 0 Å². The van der Waals surface area contributed by atoms with Gasteiger partial charge in [0.1, 0.15) is 0 Å². The summed E-state index contributed by atoms with van der Waals surface area (Å²) in [5, 5.41) is 3.44. The molecule has 92 valence electrons. The molecule has 0 unspecified atom stereocenters. The Morgan fingerprint density at radius 1 is 1.50 bits per heavy atom. The van der Waals surface area contributed by atoms with Gasteiger partial charge in [-0.2, -0.15) is 0 Å². The van der Waals surface area contributed by atoms with Gasteiger partial charge in [0.2, 0.25) is 0 Å². The number of piperidine rings is 1. The van der Waals surface area contributed by atoms with Crippen LogP contribution in [0.2, 0.25) is 0 Å². The van der Waals surface area contributed by atoms with Crippen LogP contribution < -0.4 is 5.32 Å². The maximum atomic E-state index is 11.1. The van der Waals surface area contributed by atoms with Crippen LogP contribution in [-0.4, -0.2) is 50.7 Å². The summed E-state index contributed by atoms with van der Waals surface area (Å²) < 4.78 is 4.63. The lowest BCUT2D eigenvalue weighted by Crippen LogP contribution is -2.40. The second-order valence-electron chi connectivity index (χ2n) is 4.36. The normalized spacial score (nSPS) is 19.8. The molecule has 0 aromatic rings. The van der Waals surface area contributed by atoms with E-state index in [1.54, 1.807) is 6.92 Å². The number of rotatable bonds is 4. The second kappa shape index (κ2) is 6.66. The Kier molecular flexibility index (Phi) is 5.49. The molecule has 16 heavy (non-hydrogen) atoms. The third kappa shape index (κ3) is 4.33. The van der Waals surface area contributed by atoms with E-state index in [0.717, 1.165) is 19.6 Å². The summed E-state index contributed by atoms with van der Waals surface area (Å²) in [5.41, 5.74) is 0.669. The second-order valence-corrected chi connectivity index (χ2v) is 4.36. The first-order valence-corrected chi connectivity index (χ1v) is 5.80. The molecule has 0 aliphatic carbocycles. The Labute approximate surface area is 97.6 Å². The lowest BCUT2D eigenvalue weighted by Gasteiger charge is -2.29. The van der Waals surface area contributed by atoms with Crippen molar-refractivity contribution in [2.75, 3.05) is 33.8 Å². The van der Waals surface area contributed by atoms with Crippen LogP contribution in [-0.2, 0) is 9.53 Å². The van der Waals surface area contributed by atoms with Gasteiger partial charge >= 0.3 is 5.97 Å². The number of hydrogen-bond donors (Lipinski definition) is 1. The highest BCUT2D eigenvalue weighted by molar-refractivity contribution is 5.87. The SMILES string of the molecule is COC(=O)C(C)=CCNC1CCN(C)CC1. The molecule has 4 heteroatoms. The first-order chi connectivity index (χ1) is 7.63. The van der Waals surface area contributed by atoms with Crippen LogP contribution in [0, 0.1) is 0 Å². The summed E-state index contributed by atoms with van der Waals surface area (Å²) in [5.74, 6) is -0.245. The van der Waals surface area contributed by atoms with Crippen molar-refractivity contribution in [2.45, 2.75) is 25.8 Å². The van der Waals surface area contributed by atoms with E-state index in [1.165, 1.54) is 20.0 Å². The summed E-state index contributed by atoms with van der Waals surface area (Å²) >= 11 is 0. The molecule has 0 atom stereocenters. The Hall–Kier alpha value is -0.870. The van der Waals surface area contributed by atoms with E-state index in [9.17, 15) is 4.79 Å². The number of carbonyl (C=O) groups is 1. The van der Waals surface area contributed by atoms with Crippen molar-refractivity contribution < 1.29 is 9.53 Å². The smallest absolute Gasteiger partial charge is 0.333 e. The van der Waals surface area contributed by atoms with Crippen molar-refractivity contribution in [3.05, 3.63) is 11.6 Å². The number of carbonyl (C=O) groups excluding carboxylic acids is 1. The summed E-state index contributed by atoms with van der Waals surface area (Å²) in [6.45, 7) is 4.83. The number of hydrogen-bond acceptors (Lipinski definition) is 4. The first-order valence-electron chi connectivity index (χ1n) is 5.80. The van der Waals surface area contributed by atoms with Gasteiger partial charge < -0.3 is 15.0 Å². The Balaban J connectivity index is 2.22. The molecule has 1 aliphatic heterocycles. The third-order valence-electron chi connectivity index (χ3n) is 3.04. The fourth-order valence-corrected chi connectivity index (χ4v) is 1.84. The summed E-state index contributed by atoms with van der Waals surface area (Å²) in [6, 6.07) is 0.581. The van der Waals surface area contributed by atoms with Crippen molar-refractivity contribution >= 4 is 5.97 Å². The van der Waals surface area contributed by atoms with E-state index >= 15 is 0 Å². The highest BCUT2D eigenvalue weighted by Gasteiger charge is 2.15. The quantitative estimate of drug-likeness (QED) is 0.568. The minimum absolute atomic E-state index is 0.245. The maximum absolute atomic E-state index is 11.1. The Morgan fingerprint density at radius 3 is 2.69 bits per heavy atom. The van der Waals surface area contributed by atoms with Crippen molar-refractivity contribution in [3.63, 3.8) is 0 Å². The van der Waals surface area contributed by atoms with Crippen LogP contribution in [0.5, 0.6) is 0 Å². The number of methoxy groups -OCH3 is 1. The topological polar surface area (TPSA) is 41.6 Å². The Morgan fingerprint density at radius 2 is 2.12 bits per heavy atom. The maximum Gasteiger partial charge on any atom is 0.333 e. The molecule has 1 saturated heterocycles. The summed E-state index contributed by atoms with van der Waals surface area (Å²) in [6.07, 6.45) is 4.26. The molecule has 1 heterocycles. The minimum Gasteiger partial charge on any atom is -0.466 e. The molecule has 0 aromatic heterocycles. The number of ether oxygens (including phenoxy) is 1. The van der Waals surface area contributed by atoms with Crippen LogP contribution in [0.15, 0.2) is 11.6 Å². The zero-order valence-corrected chi connectivity index (χ0v) is 10.5. The summed E-state index contributed by atoms with van der Waals surface area (Å²) in [4.78, 5) is 13.5. The largest absolute Gasteiger partial charge is 0.466 e. The molecule has 0 radical (unpaired) electrons. The Bertz CT molecular complexity index is 256. The van der Waals surface area contributed by atoms with E-state index in [2.05, 4.69) is 22.0 Å². The molecule has 0 spiro atoms. The van der Waals surface area contributed by atoms with E-state index < -0.39 is 0 Å². The van der Waals surface area contributed by atoms with Gasteiger partial charge in [-0.15, -0.1) is 0 Å². The minimum atomic E-state index is -0.245. The van der Waals surface area contributed by atoms with Gasteiger partial charge in [0, 0.05) is 18.2 Å². The number of likely N-dealkylation sites (tertiary alicyclic amines) is 1. The van der Waals surface area contributed by atoms with E-state index in [0.29, 0.717) is 11.6 Å². The van der Waals surface area contributed by atoms with E-state index in [1.807, 2.05) is 6.08 Å². The van der Waals surface area contributed by atoms with Gasteiger partial charge in [-0.1, -0.05) is 6.08 Å². The van der Waals surface area contributed by atoms with Crippen LogP contribution in [0.25, 0.3) is 0 Å². The standard InChI is InChI=1S/C12H22N2O2/c1-10(12(15)16-3)4-7-13-11-5-8-14(2)9-6-11/h4,11,13H,5-9H2,1-3H3. The first kappa shape index (κ1) is 13.2. The number of esters is 1. The average Bonchev–Trinajstić information content (AvgIpc) is 2.30. The van der Waals surface area contributed by atoms with Gasteiger partial charge in [-0.05, 0) is 39.9 Å². The van der Waals surface area contributed by atoms with Gasteiger partial charge in [-0.25, -0.2) is 4.79 Å². The van der Waals surface area contributed by atoms with Crippen LogP contribution in [0.1, 0.15) is 19.8 Å². The van der Waals surface area contributed by atoms with Crippen LogP contribution in [0.3, 0.4) is 0 Å². The molecule has 1 aliphatic rings. The lowest BCUT2D eigenvalue weighted by atomic mass is 10.1. The van der Waals surface area contributed by atoms with Gasteiger partial charge in [0.05, 0.1) is 7.11 Å². The molecule has 0 amide bonds. The zero-order chi connectivity index (χ0) is 12.0. The predicted molar refractivity (Wildman–Crippen MR) is 64.3 cm³/mol. The van der Waals surface area contributed by atoms with Crippen LogP contribution in [0.4, 0.5) is 0 Å². The summed E-state index contributed by atoms with van der Waals surface area (Å²) in [7, 11) is 3.56. The highest BCUT2D eigenvalue weighted by atomic mass is 16.5. The fraction of sp³-hybridized carbons (Fsp3) is 0.750. The molecule has 0 aromatic carbocycles. The molecular weight excluding hydrogens is 204 g/mol. The predicted octanol–water partition coefficient (Wildman–Crippen LogP) is 0.790. The lowest BCUT2D eigenvalue weighted by molar-refractivity contribution is -0.136. The van der Waals surface area contributed by atoms with Gasteiger partial charge in [0.15, 0.2) is 0 Å². The average molecular weight is 226 g/mol. The third-order valence-corrected chi connectivity index (χ3v) is 3.04. The van der Waals surface area contributed by atoms with Crippen molar-refractivity contribution in [1.29, 1.82) is 0 Å². The molecule has 0 bridgehead atoms. The van der Waals surface area contributed by atoms with Crippen molar-refractivity contribution in [1.82, 2.24) is 10.2 Å². The fourth-order valence-electron chi connectivity index (χ4n) is 1.84. The van der Waals surface area contributed by atoms with Gasteiger partial charge in [0.25, 0.3) is 0 Å². The van der Waals surface area contributed by atoms with E-state index in [-0.39, 0.29) is 5.97 Å². The monoisotopic (exact) mass is 226 g/mol. The molecular formula is C12H22N2O2. The zero-order valence-electron chi connectivity index (χ0n) is 10.5. The molecule has 0 saturated carbocycles.